The molecular formula is C17H17N3O3. The first-order valence-electron chi connectivity index (χ1n) is 7.52. The van der Waals surface area contributed by atoms with Crippen molar-refractivity contribution in [3.05, 3.63) is 63.3 Å². The Morgan fingerprint density at radius 1 is 1.35 bits per heavy atom. The second-order valence-corrected chi connectivity index (χ2v) is 5.84. The van der Waals surface area contributed by atoms with Crippen LogP contribution < -0.4 is 10.9 Å². The molecule has 2 N–H and O–H groups in total. The van der Waals surface area contributed by atoms with Crippen molar-refractivity contribution in [1.29, 1.82) is 0 Å². The van der Waals surface area contributed by atoms with Gasteiger partial charge >= 0.3 is 0 Å². The van der Waals surface area contributed by atoms with Crippen LogP contribution in [0.4, 0.5) is 0 Å². The number of pyridine rings is 2. The average Bonchev–Trinajstić information content (AvgIpc) is 2.53. The Labute approximate surface area is 133 Å². The minimum atomic E-state index is -0.508. The summed E-state index contributed by atoms with van der Waals surface area (Å²) in [7, 11) is 0. The van der Waals surface area contributed by atoms with E-state index >= 15 is 0 Å². The van der Waals surface area contributed by atoms with E-state index in [0.717, 1.165) is 0 Å². The zero-order valence-electron chi connectivity index (χ0n) is 12.8. The summed E-state index contributed by atoms with van der Waals surface area (Å²) in [4.78, 5) is 43.2. The number of hydrogen-bond acceptors (Lipinski definition) is 4. The maximum absolute atomic E-state index is 12.2. The van der Waals surface area contributed by atoms with Crippen LogP contribution in [-0.2, 0) is 13.0 Å². The number of ketones is 1. The van der Waals surface area contributed by atoms with E-state index in [-0.39, 0.29) is 23.8 Å². The maximum atomic E-state index is 12.2. The zero-order valence-corrected chi connectivity index (χ0v) is 12.8. The quantitative estimate of drug-likeness (QED) is 0.897. The first-order valence-corrected chi connectivity index (χ1v) is 7.52. The summed E-state index contributed by atoms with van der Waals surface area (Å²) >= 11 is 0. The number of rotatable bonds is 3. The van der Waals surface area contributed by atoms with Crippen LogP contribution in [-0.4, -0.2) is 21.7 Å². The zero-order chi connectivity index (χ0) is 16.4. The molecule has 0 bridgehead atoms. The second-order valence-electron chi connectivity index (χ2n) is 5.84. The number of aromatic nitrogens is 2. The maximum Gasteiger partial charge on any atom is 0.261 e. The van der Waals surface area contributed by atoms with Crippen molar-refractivity contribution >= 4 is 11.7 Å². The molecule has 1 aliphatic carbocycles. The Bertz CT molecular complexity index is 812. The van der Waals surface area contributed by atoms with E-state index in [0.29, 0.717) is 29.8 Å². The Balaban J connectivity index is 1.83. The first kappa shape index (κ1) is 15.1. The molecule has 6 heteroatoms. The van der Waals surface area contributed by atoms with Gasteiger partial charge in [0.1, 0.15) is 5.56 Å². The van der Waals surface area contributed by atoms with Crippen LogP contribution in [0.5, 0.6) is 0 Å². The summed E-state index contributed by atoms with van der Waals surface area (Å²) < 4.78 is 0. The van der Waals surface area contributed by atoms with Crippen molar-refractivity contribution in [3.63, 3.8) is 0 Å². The van der Waals surface area contributed by atoms with Gasteiger partial charge in [-0.3, -0.25) is 19.4 Å². The first-order chi connectivity index (χ1) is 11.0. The SMILES string of the molecule is C[C@@H]1CC(=O)c2cc(C(=O)NCc3ccccn3)c(=O)[nH]c2C1. The van der Waals surface area contributed by atoms with Gasteiger partial charge in [0.05, 0.1) is 12.2 Å². The second kappa shape index (κ2) is 6.16. The number of carbonyl (C=O) groups is 2. The van der Waals surface area contributed by atoms with E-state index in [9.17, 15) is 14.4 Å². The molecule has 118 valence electrons. The van der Waals surface area contributed by atoms with E-state index in [1.807, 2.05) is 13.0 Å². The van der Waals surface area contributed by atoms with Gasteiger partial charge in [0.15, 0.2) is 5.78 Å². The fourth-order valence-electron chi connectivity index (χ4n) is 2.76. The summed E-state index contributed by atoms with van der Waals surface area (Å²) in [5, 5.41) is 2.65. The Hall–Kier alpha value is -2.76. The van der Waals surface area contributed by atoms with Crippen molar-refractivity contribution in [3.8, 4) is 0 Å². The van der Waals surface area contributed by atoms with E-state index in [2.05, 4.69) is 15.3 Å². The van der Waals surface area contributed by atoms with Gasteiger partial charge in [-0.15, -0.1) is 0 Å². The average molecular weight is 311 g/mol. The third kappa shape index (κ3) is 3.21. The number of H-pyrrole nitrogens is 1. The number of amides is 1. The summed E-state index contributed by atoms with van der Waals surface area (Å²) in [6.45, 7) is 2.19. The molecule has 2 aromatic heterocycles. The van der Waals surface area contributed by atoms with Crippen LogP contribution in [0.1, 0.15) is 45.4 Å². The Kier molecular flexibility index (Phi) is 4.06. The molecule has 0 saturated carbocycles. The van der Waals surface area contributed by atoms with Gasteiger partial charge in [-0.2, -0.15) is 0 Å². The van der Waals surface area contributed by atoms with Crippen LogP contribution in [0.25, 0.3) is 0 Å². The van der Waals surface area contributed by atoms with Gasteiger partial charge in [-0.05, 0) is 30.5 Å². The van der Waals surface area contributed by atoms with Gasteiger partial charge in [0, 0.05) is 23.9 Å². The third-order valence-corrected chi connectivity index (χ3v) is 3.91. The number of Topliss-reactive ketones (excluding diaryl/α,β-unsaturated/α-hetero) is 1. The summed E-state index contributed by atoms with van der Waals surface area (Å²) in [5.41, 5.74) is 1.26. The van der Waals surface area contributed by atoms with Gasteiger partial charge in [0.25, 0.3) is 11.5 Å². The highest BCUT2D eigenvalue weighted by molar-refractivity contribution is 6.01. The molecule has 0 aliphatic heterocycles. The van der Waals surface area contributed by atoms with Gasteiger partial charge in [-0.25, -0.2) is 0 Å². The minimum Gasteiger partial charge on any atom is -0.346 e. The molecule has 2 aromatic rings. The number of nitrogens with one attached hydrogen (secondary N) is 2. The monoisotopic (exact) mass is 311 g/mol. The van der Waals surface area contributed by atoms with E-state index in [4.69, 9.17) is 0 Å². The minimum absolute atomic E-state index is 0.0335. The van der Waals surface area contributed by atoms with Crippen LogP contribution in [0, 0.1) is 5.92 Å². The van der Waals surface area contributed by atoms with E-state index in [1.54, 1.807) is 18.3 Å². The number of fused-ring (bicyclic) bond motifs is 1. The topological polar surface area (TPSA) is 91.9 Å². The van der Waals surface area contributed by atoms with Gasteiger partial charge < -0.3 is 10.3 Å². The van der Waals surface area contributed by atoms with Gasteiger partial charge in [-0.1, -0.05) is 13.0 Å². The van der Waals surface area contributed by atoms with Crippen molar-refractivity contribution in [2.45, 2.75) is 26.3 Å². The fourth-order valence-corrected chi connectivity index (χ4v) is 2.76. The molecule has 3 rings (SSSR count). The molecule has 1 aliphatic rings. The van der Waals surface area contributed by atoms with Crippen molar-refractivity contribution < 1.29 is 9.59 Å². The molecule has 0 fully saturated rings. The smallest absolute Gasteiger partial charge is 0.261 e. The summed E-state index contributed by atoms with van der Waals surface area (Å²) in [6.07, 6.45) is 2.72. The summed E-state index contributed by atoms with van der Waals surface area (Å²) in [6, 6.07) is 6.80. The standard InChI is InChI=1S/C17H17N3O3/c1-10-6-14-12(15(21)7-10)8-13(17(23)20-14)16(22)19-9-11-4-2-3-5-18-11/h2-5,8,10H,6-7,9H2,1H3,(H,19,22)(H,20,23)/t10-/m0/s1. The molecule has 1 amide bonds. The van der Waals surface area contributed by atoms with Crippen LogP contribution in [0.3, 0.4) is 0 Å². The summed E-state index contributed by atoms with van der Waals surface area (Å²) in [5.74, 6) is -0.339. The molecule has 0 saturated heterocycles. The van der Waals surface area contributed by atoms with Crippen molar-refractivity contribution in [2.75, 3.05) is 0 Å². The van der Waals surface area contributed by atoms with Crippen LogP contribution in [0.15, 0.2) is 35.3 Å². The molecule has 0 unspecified atom stereocenters. The number of aromatic amines is 1. The number of carbonyl (C=O) groups excluding carboxylic acids is 2. The fraction of sp³-hybridized carbons (Fsp3) is 0.294. The molecule has 0 radical (unpaired) electrons. The lowest BCUT2D eigenvalue weighted by molar-refractivity contribution is 0.0948. The Morgan fingerprint density at radius 3 is 2.91 bits per heavy atom. The van der Waals surface area contributed by atoms with Crippen LogP contribution in [0.2, 0.25) is 0 Å². The lowest BCUT2D eigenvalue weighted by Crippen LogP contribution is -2.32. The lowest BCUT2D eigenvalue weighted by atomic mass is 9.86. The van der Waals surface area contributed by atoms with Crippen molar-refractivity contribution in [1.82, 2.24) is 15.3 Å². The predicted octanol–water partition coefficient (Wildman–Crippen LogP) is 1.46. The van der Waals surface area contributed by atoms with E-state index in [1.165, 1.54) is 6.07 Å². The molecule has 2 heterocycles. The van der Waals surface area contributed by atoms with Gasteiger partial charge in [0.2, 0.25) is 0 Å². The van der Waals surface area contributed by atoms with Crippen molar-refractivity contribution in [2.24, 2.45) is 5.92 Å². The highest BCUT2D eigenvalue weighted by atomic mass is 16.2. The normalized spacial score (nSPS) is 16.7. The molecule has 1 atom stereocenters. The highest BCUT2D eigenvalue weighted by Crippen LogP contribution is 2.23. The highest BCUT2D eigenvalue weighted by Gasteiger charge is 2.25. The molecule has 23 heavy (non-hydrogen) atoms. The predicted molar refractivity (Wildman–Crippen MR) is 84.3 cm³/mol. The molecule has 6 nitrogen and oxygen atoms in total. The molecular weight excluding hydrogens is 294 g/mol. The van der Waals surface area contributed by atoms with Crippen LogP contribution >= 0.6 is 0 Å². The largest absolute Gasteiger partial charge is 0.346 e. The third-order valence-electron chi connectivity index (χ3n) is 3.91. The lowest BCUT2D eigenvalue weighted by Gasteiger charge is -2.20. The molecule has 0 aromatic carbocycles. The Morgan fingerprint density at radius 2 is 2.17 bits per heavy atom. The van der Waals surface area contributed by atoms with E-state index < -0.39 is 11.5 Å². The molecule has 0 spiro atoms. The number of nitrogens with zero attached hydrogens (tertiary/aromatic N) is 1. The number of hydrogen-bond donors (Lipinski definition) is 2.